The van der Waals surface area contributed by atoms with Gasteiger partial charge in [0.05, 0.1) is 31.9 Å². The Balaban J connectivity index is 1.95. The third-order valence-electron chi connectivity index (χ3n) is 3.36. The molecule has 2 aromatic carbocycles. The molecular weight excluding hydrogens is 340 g/mol. The van der Waals surface area contributed by atoms with Gasteiger partial charge in [-0.25, -0.2) is 4.79 Å². The molecule has 0 spiro atoms. The lowest BCUT2D eigenvalue weighted by Crippen LogP contribution is -2.35. The molecule has 2 aromatic rings. The highest BCUT2D eigenvalue weighted by atomic mass is 32.1. The number of esters is 1. The fourth-order valence-corrected chi connectivity index (χ4v) is 2.36. The number of hydrogen-bond acceptors (Lipinski definition) is 5. The van der Waals surface area contributed by atoms with Gasteiger partial charge in [-0.15, -0.1) is 0 Å². The fraction of sp³-hybridized carbons (Fsp3) is 0.167. The zero-order valence-electron chi connectivity index (χ0n) is 13.9. The van der Waals surface area contributed by atoms with E-state index in [0.717, 1.165) is 11.3 Å². The maximum atomic E-state index is 12.1. The highest BCUT2D eigenvalue weighted by molar-refractivity contribution is 7.80. The van der Waals surface area contributed by atoms with E-state index >= 15 is 0 Å². The first kappa shape index (κ1) is 18.4. The average Bonchev–Trinajstić information content (AvgIpc) is 2.62. The second-order valence-corrected chi connectivity index (χ2v) is 5.47. The molecule has 2 N–H and O–H groups in total. The number of benzene rings is 2. The smallest absolute Gasteiger partial charge is 0.339 e. The molecule has 0 heterocycles. The van der Waals surface area contributed by atoms with Gasteiger partial charge < -0.3 is 20.1 Å². The number of anilines is 1. The molecule has 0 saturated heterocycles. The van der Waals surface area contributed by atoms with E-state index in [1.807, 2.05) is 0 Å². The molecule has 25 heavy (non-hydrogen) atoms. The number of nitrogens with one attached hydrogen (secondary N) is 2. The molecule has 6 nitrogen and oxygen atoms in total. The van der Waals surface area contributed by atoms with Crippen molar-refractivity contribution in [2.45, 2.75) is 6.42 Å². The van der Waals surface area contributed by atoms with E-state index < -0.39 is 5.97 Å². The van der Waals surface area contributed by atoms with Gasteiger partial charge in [0.2, 0.25) is 5.91 Å². The number of para-hydroxylation sites is 1. The third-order valence-corrected chi connectivity index (χ3v) is 3.56. The van der Waals surface area contributed by atoms with Crippen LogP contribution >= 0.6 is 12.2 Å². The summed E-state index contributed by atoms with van der Waals surface area (Å²) in [5.74, 6) is -0.0329. The molecule has 0 radical (unpaired) electrons. The van der Waals surface area contributed by atoms with Gasteiger partial charge in [-0.3, -0.25) is 4.79 Å². The number of amides is 1. The van der Waals surface area contributed by atoms with Crippen LogP contribution in [-0.2, 0) is 16.0 Å². The highest BCUT2D eigenvalue weighted by Crippen LogP contribution is 2.16. The lowest BCUT2D eigenvalue weighted by molar-refractivity contribution is -0.119. The number of carbonyl (C=O) groups is 2. The lowest BCUT2D eigenvalue weighted by Gasteiger charge is -2.12. The Bertz CT molecular complexity index is 775. The van der Waals surface area contributed by atoms with Gasteiger partial charge >= 0.3 is 5.97 Å². The molecule has 0 bridgehead atoms. The first-order valence-electron chi connectivity index (χ1n) is 7.44. The van der Waals surface area contributed by atoms with Crippen molar-refractivity contribution in [1.29, 1.82) is 0 Å². The summed E-state index contributed by atoms with van der Waals surface area (Å²) in [6.07, 6.45) is 0.171. The third kappa shape index (κ3) is 5.29. The number of hydrogen-bond donors (Lipinski definition) is 2. The minimum absolute atomic E-state index is 0.106. The molecule has 0 aliphatic heterocycles. The van der Waals surface area contributed by atoms with Crippen LogP contribution in [0.2, 0.25) is 0 Å². The molecule has 0 fully saturated rings. The zero-order valence-corrected chi connectivity index (χ0v) is 14.7. The Morgan fingerprint density at radius 1 is 1.04 bits per heavy atom. The van der Waals surface area contributed by atoms with E-state index in [4.69, 9.17) is 21.7 Å². The van der Waals surface area contributed by atoms with Crippen LogP contribution in [0, 0.1) is 0 Å². The maximum Gasteiger partial charge on any atom is 0.339 e. The minimum Gasteiger partial charge on any atom is -0.497 e. The average molecular weight is 358 g/mol. The fourth-order valence-electron chi connectivity index (χ4n) is 2.13. The van der Waals surface area contributed by atoms with Crippen molar-refractivity contribution < 1.29 is 19.1 Å². The van der Waals surface area contributed by atoms with Crippen LogP contribution in [0.3, 0.4) is 0 Å². The maximum absolute atomic E-state index is 12.1. The van der Waals surface area contributed by atoms with E-state index in [1.54, 1.807) is 55.6 Å². The molecule has 7 heteroatoms. The summed E-state index contributed by atoms with van der Waals surface area (Å²) >= 11 is 5.14. The standard InChI is InChI=1S/C18H18N2O4S/c1-23-13-9-7-12(8-10-13)11-16(21)20-18(25)19-15-6-4-3-5-14(15)17(22)24-2/h3-10H,11H2,1-2H3,(H2,19,20,21,25). The Morgan fingerprint density at radius 3 is 2.36 bits per heavy atom. The summed E-state index contributed by atoms with van der Waals surface area (Å²) in [7, 11) is 2.88. The molecule has 0 aliphatic rings. The number of ether oxygens (including phenoxy) is 2. The predicted molar refractivity (Wildman–Crippen MR) is 98.8 cm³/mol. The number of rotatable bonds is 5. The van der Waals surface area contributed by atoms with Gasteiger partial charge in [0, 0.05) is 0 Å². The van der Waals surface area contributed by atoms with Gasteiger partial charge in [-0.2, -0.15) is 0 Å². The van der Waals surface area contributed by atoms with Crippen molar-refractivity contribution in [3.8, 4) is 5.75 Å². The normalized spacial score (nSPS) is 9.84. The van der Waals surface area contributed by atoms with E-state index in [-0.39, 0.29) is 17.4 Å². The molecular formula is C18H18N2O4S. The summed E-state index contributed by atoms with van der Waals surface area (Å²) < 4.78 is 9.79. The van der Waals surface area contributed by atoms with Crippen LogP contribution in [-0.4, -0.2) is 31.2 Å². The van der Waals surface area contributed by atoms with Gasteiger partial charge in [-0.05, 0) is 42.0 Å². The molecule has 2 rings (SSSR count). The van der Waals surface area contributed by atoms with E-state index in [2.05, 4.69) is 10.6 Å². The molecule has 0 aliphatic carbocycles. The number of thiocarbonyl (C=S) groups is 1. The van der Waals surface area contributed by atoms with Crippen LogP contribution in [0.4, 0.5) is 5.69 Å². The first-order valence-corrected chi connectivity index (χ1v) is 7.85. The van der Waals surface area contributed by atoms with Crippen molar-refractivity contribution in [3.63, 3.8) is 0 Å². The van der Waals surface area contributed by atoms with Crippen LogP contribution in [0.15, 0.2) is 48.5 Å². The Hall–Kier alpha value is -2.93. The Kier molecular flexibility index (Phi) is 6.47. The molecule has 0 atom stereocenters. The van der Waals surface area contributed by atoms with Crippen molar-refractivity contribution in [2.75, 3.05) is 19.5 Å². The van der Waals surface area contributed by atoms with Crippen LogP contribution in [0.5, 0.6) is 5.75 Å². The van der Waals surface area contributed by atoms with Crippen molar-refractivity contribution >= 4 is 34.9 Å². The lowest BCUT2D eigenvalue weighted by atomic mass is 10.1. The molecule has 0 unspecified atom stereocenters. The van der Waals surface area contributed by atoms with Crippen molar-refractivity contribution in [2.24, 2.45) is 0 Å². The predicted octanol–water partition coefficient (Wildman–Crippen LogP) is 2.54. The summed E-state index contributed by atoms with van der Waals surface area (Å²) in [5.41, 5.74) is 1.62. The topological polar surface area (TPSA) is 76.7 Å². The van der Waals surface area contributed by atoms with E-state index in [1.165, 1.54) is 7.11 Å². The van der Waals surface area contributed by atoms with Gasteiger partial charge in [0.25, 0.3) is 0 Å². The van der Waals surface area contributed by atoms with Crippen molar-refractivity contribution in [1.82, 2.24) is 5.32 Å². The quantitative estimate of drug-likeness (QED) is 0.632. The Labute approximate surface area is 151 Å². The Morgan fingerprint density at radius 2 is 1.72 bits per heavy atom. The molecule has 130 valence electrons. The SMILES string of the molecule is COC(=O)c1ccccc1NC(=S)NC(=O)Cc1ccc(OC)cc1. The van der Waals surface area contributed by atoms with Crippen LogP contribution < -0.4 is 15.4 Å². The van der Waals surface area contributed by atoms with Crippen LogP contribution in [0.25, 0.3) is 0 Å². The summed E-state index contributed by atoms with van der Waals surface area (Å²) in [4.78, 5) is 23.8. The molecule has 1 amide bonds. The zero-order chi connectivity index (χ0) is 18.2. The largest absolute Gasteiger partial charge is 0.497 e. The summed E-state index contributed by atoms with van der Waals surface area (Å²) in [6, 6.07) is 13.9. The molecule has 0 saturated carbocycles. The van der Waals surface area contributed by atoms with Gasteiger partial charge in [-0.1, -0.05) is 24.3 Å². The molecule has 0 aromatic heterocycles. The number of carbonyl (C=O) groups excluding carboxylic acids is 2. The van der Waals surface area contributed by atoms with Crippen LogP contribution in [0.1, 0.15) is 15.9 Å². The highest BCUT2D eigenvalue weighted by Gasteiger charge is 2.13. The van der Waals surface area contributed by atoms with Gasteiger partial charge in [0.1, 0.15) is 5.75 Å². The summed E-state index contributed by atoms with van der Waals surface area (Å²) in [5, 5.41) is 5.53. The van der Waals surface area contributed by atoms with E-state index in [9.17, 15) is 9.59 Å². The second kappa shape index (κ2) is 8.79. The van der Waals surface area contributed by atoms with Crippen molar-refractivity contribution in [3.05, 3.63) is 59.7 Å². The monoisotopic (exact) mass is 358 g/mol. The first-order chi connectivity index (χ1) is 12.0. The second-order valence-electron chi connectivity index (χ2n) is 5.06. The number of methoxy groups -OCH3 is 2. The minimum atomic E-state index is -0.490. The summed E-state index contributed by atoms with van der Waals surface area (Å²) in [6.45, 7) is 0. The van der Waals surface area contributed by atoms with Gasteiger partial charge in [0.15, 0.2) is 5.11 Å². The van der Waals surface area contributed by atoms with E-state index in [0.29, 0.717) is 11.3 Å².